The van der Waals surface area contributed by atoms with E-state index in [0.29, 0.717) is 12.5 Å². The fraction of sp³-hybridized carbons (Fsp3) is 0.444. The van der Waals surface area contributed by atoms with E-state index in [-0.39, 0.29) is 0 Å². The highest BCUT2D eigenvalue weighted by Crippen LogP contribution is 2.26. The SMILES string of the molecule is CCNC(=NCc1ccnn1C)N1CCC(c2ccccc2)C1. The number of likely N-dealkylation sites (tertiary alicyclic amines) is 1. The lowest BCUT2D eigenvalue weighted by atomic mass is 9.99. The summed E-state index contributed by atoms with van der Waals surface area (Å²) in [6.45, 7) is 5.74. The molecule has 2 aromatic rings. The van der Waals surface area contributed by atoms with Crippen LogP contribution in [0.25, 0.3) is 0 Å². The minimum atomic E-state index is 0.594. The first-order valence-electron chi connectivity index (χ1n) is 8.33. The van der Waals surface area contributed by atoms with Crippen LogP contribution in [0.15, 0.2) is 47.6 Å². The molecule has 1 fully saturated rings. The number of benzene rings is 1. The van der Waals surface area contributed by atoms with Crippen LogP contribution in [0.2, 0.25) is 0 Å². The third-order valence-electron chi connectivity index (χ3n) is 4.41. The molecule has 122 valence electrons. The van der Waals surface area contributed by atoms with Crippen molar-refractivity contribution in [3.05, 3.63) is 53.9 Å². The number of hydrogen-bond acceptors (Lipinski definition) is 2. The fourth-order valence-electron chi connectivity index (χ4n) is 3.09. The summed E-state index contributed by atoms with van der Waals surface area (Å²) in [5.41, 5.74) is 2.55. The number of nitrogens with zero attached hydrogens (tertiary/aromatic N) is 4. The number of nitrogens with one attached hydrogen (secondary N) is 1. The van der Waals surface area contributed by atoms with Gasteiger partial charge in [0.25, 0.3) is 0 Å². The number of rotatable bonds is 4. The Bertz CT molecular complexity index is 646. The molecule has 1 aromatic carbocycles. The highest BCUT2D eigenvalue weighted by atomic mass is 15.3. The molecule has 1 saturated heterocycles. The number of guanidine groups is 1. The van der Waals surface area contributed by atoms with Gasteiger partial charge in [-0.05, 0) is 25.0 Å². The largest absolute Gasteiger partial charge is 0.357 e. The van der Waals surface area contributed by atoms with E-state index in [1.165, 1.54) is 12.0 Å². The van der Waals surface area contributed by atoms with E-state index in [1.807, 2.05) is 24.0 Å². The van der Waals surface area contributed by atoms with Gasteiger partial charge in [-0.15, -0.1) is 0 Å². The summed E-state index contributed by atoms with van der Waals surface area (Å²) < 4.78 is 1.88. The van der Waals surface area contributed by atoms with Crippen molar-refractivity contribution in [3.8, 4) is 0 Å². The molecule has 5 nitrogen and oxygen atoms in total. The molecule has 0 aliphatic carbocycles. The van der Waals surface area contributed by atoms with Crippen LogP contribution < -0.4 is 5.32 Å². The van der Waals surface area contributed by atoms with Crippen molar-refractivity contribution >= 4 is 5.96 Å². The number of hydrogen-bond donors (Lipinski definition) is 1. The molecule has 0 radical (unpaired) electrons. The maximum atomic E-state index is 4.80. The summed E-state index contributed by atoms with van der Waals surface area (Å²) in [6, 6.07) is 12.8. The van der Waals surface area contributed by atoms with Crippen LogP contribution in [-0.4, -0.2) is 40.3 Å². The predicted molar refractivity (Wildman–Crippen MR) is 93.4 cm³/mol. The van der Waals surface area contributed by atoms with E-state index in [1.54, 1.807) is 0 Å². The molecule has 2 heterocycles. The summed E-state index contributed by atoms with van der Waals surface area (Å²) >= 11 is 0. The molecule has 0 saturated carbocycles. The van der Waals surface area contributed by atoms with Crippen molar-refractivity contribution in [3.63, 3.8) is 0 Å². The van der Waals surface area contributed by atoms with Gasteiger partial charge in [0.2, 0.25) is 0 Å². The molecule has 0 amide bonds. The van der Waals surface area contributed by atoms with E-state index in [9.17, 15) is 0 Å². The molecule has 1 unspecified atom stereocenters. The zero-order chi connectivity index (χ0) is 16.1. The summed E-state index contributed by atoms with van der Waals surface area (Å²) in [6.07, 6.45) is 3.00. The summed E-state index contributed by atoms with van der Waals surface area (Å²) in [5, 5.41) is 7.63. The Morgan fingerprint density at radius 2 is 2.13 bits per heavy atom. The standard InChI is InChI=1S/C18H25N5/c1-3-19-18(20-13-17-9-11-21-22(17)2)23-12-10-16(14-23)15-7-5-4-6-8-15/h4-9,11,16H,3,10,12-14H2,1-2H3,(H,19,20). The molecular formula is C18H25N5. The van der Waals surface area contributed by atoms with Gasteiger partial charge in [0.1, 0.15) is 0 Å². The minimum Gasteiger partial charge on any atom is -0.357 e. The average Bonchev–Trinajstić information content (AvgIpc) is 3.22. The van der Waals surface area contributed by atoms with Crippen LogP contribution >= 0.6 is 0 Å². The predicted octanol–water partition coefficient (Wildman–Crippen LogP) is 2.38. The van der Waals surface area contributed by atoms with Gasteiger partial charge in [-0.2, -0.15) is 5.10 Å². The summed E-state index contributed by atoms with van der Waals surface area (Å²) in [4.78, 5) is 7.17. The lowest BCUT2D eigenvalue weighted by Gasteiger charge is -2.21. The van der Waals surface area contributed by atoms with Gasteiger partial charge in [0, 0.05) is 38.8 Å². The molecule has 1 aliphatic rings. The van der Waals surface area contributed by atoms with E-state index >= 15 is 0 Å². The normalized spacial score (nSPS) is 18.4. The monoisotopic (exact) mass is 311 g/mol. The zero-order valence-corrected chi connectivity index (χ0v) is 13.9. The van der Waals surface area contributed by atoms with Crippen LogP contribution in [-0.2, 0) is 13.6 Å². The van der Waals surface area contributed by atoms with Crippen LogP contribution in [0.1, 0.15) is 30.5 Å². The van der Waals surface area contributed by atoms with Crippen LogP contribution in [0.5, 0.6) is 0 Å². The van der Waals surface area contributed by atoms with Gasteiger partial charge in [-0.1, -0.05) is 30.3 Å². The molecule has 0 bridgehead atoms. The first-order chi connectivity index (χ1) is 11.3. The first kappa shape index (κ1) is 15.6. The van der Waals surface area contributed by atoms with Gasteiger partial charge in [0.15, 0.2) is 5.96 Å². The van der Waals surface area contributed by atoms with E-state index in [4.69, 9.17) is 4.99 Å². The second-order valence-corrected chi connectivity index (χ2v) is 5.96. The molecule has 3 rings (SSSR count). The third kappa shape index (κ3) is 3.73. The van der Waals surface area contributed by atoms with Crippen molar-refractivity contribution in [1.82, 2.24) is 20.0 Å². The van der Waals surface area contributed by atoms with Crippen molar-refractivity contribution < 1.29 is 0 Å². The van der Waals surface area contributed by atoms with Gasteiger partial charge in [0.05, 0.1) is 12.2 Å². The molecule has 5 heteroatoms. The van der Waals surface area contributed by atoms with Crippen LogP contribution in [0.3, 0.4) is 0 Å². The topological polar surface area (TPSA) is 45.5 Å². The zero-order valence-electron chi connectivity index (χ0n) is 13.9. The lowest BCUT2D eigenvalue weighted by Crippen LogP contribution is -2.40. The molecule has 23 heavy (non-hydrogen) atoms. The molecule has 1 aliphatic heterocycles. The molecule has 1 atom stereocenters. The van der Waals surface area contributed by atoms with Crippen LogP contribution in [0, 0.1) is 0 Å². The number of aromatic nitrogens is 2. The number of aryl methyl sites for hydroxylation is 1. The van der Waals surface area contributed by atoms with E-state index < -0.39 is 0 Å². The Kier molecular flexibility index (Phi) is 4.95. The van der Waals surface area contributed by atoms with Gasteiger partial charge in [-0.25, -0.2) is 4.99 Å². The quantitative estimate of drug-likeness (QED) is 0.696. The Morgan fingerprint density at radius 1 is 1.30 bits per heavy atom. The molecule has 1 N–H and O–H groups in total. The molecular weight excluding hydrogens is 286 g/mol. The maximum Gasteiger partial charge on any atom is 0.194 e. The second kappa shape index (κ2) is 7.31. The average molecular weight is 311 g/mol. The van der Waals surface area contributed by atoms with Crippen molar-refractivity contribution in [2.45, 2.75) is 25.8 Å². The van der Waals surface area contributed by atoms with Crippen LogP contribution in [0.4, 0.5) is 0 Å². The minimum absolute atomic E-state index is 0.594. The molecule has 0 spiro atoms. The summed E-state index contributed by atoms with van der Waals surface area (Å²) in [5.74, 6) is 1.60. The second-order valence-electron chi connectivity index (χ2n) is 5.96. The Morgan fingerprint density at radius 3 is 2.83 bits per heavy atom. The van der Waals surface area contributed by atoms with Gasteiger partial charge >= 0.3 is 0 Å². The van der Waals surface area contributed by atoms with Crippen molar-refractivity contribution in [2.24, 2.45) is 12.0 Å². The summed E-state index contributed by atoms with van der Waals surface area (Å²) in [7, 11) is 1.96. The van der Waals surface area contributed by atoms with E-state index in [0.717, 1.165) is 31.3 Å². The Labute approximate surface area is 138 Å². The van der Waals surface area contributed by atoms with Crippen molar-refractivity contribution in [2.75, 3.05) is 19.6 Å². The maximum absolute atomic E-state index is 4.80. The highest BCUT2D eigenvalue weighted by Gasteiger charge is 2.25. The Balaban J connectivity index is 1.68. The smallest absolute Gasteiger partial charge is 0.194 e. The third-order valence-corrected chi connectivity index (χ3v) is 4.41. The van der Waals surface area contributed by atoms with Gasteiger partial charge < -0.3 is 10.2 Å². The highest BCUT2D eigenvalue weighted by molar-refractivity contribution is 5.80. The molecule has 1 aromatic heterocycles. The number of aliphatic imine (C=N–C) groups is 1. The van der Waals surface area contributed by atoms with Crippen molar-refractivity contribution in [1.29, 1.82) is 0 Å². The first-order valence-corrected chi connectivity index (χ1v) is 8.33. The lowest BCUT2D eigenvalue weighted by molar-refractivity contribution is 0.485. The van der Waals surface area contributed by atoms with E-state index in [2.05, 4.69) is 52.6 Å². The fourth-order valence-corrected chi connectivity index (χ4v) is 3.09. The Hall–Kier alpha value is -2.30. The van der Waals surface area contributed by atoms with Gasteiger partial charge in [-0.3, -0.25) is 4.68 Å².